The third-order valence-corrected chi connectivity index (χ3v) is 7.26. The number of ether oxygens (including phenoxy) is 1. The van der Waals surface area contributed by atoms with Crippen LogP contribution < -0.4 is 20.7 Å². The Bertz CT molecular complexity index is 1100. The number of anilines is 2. The summed E-state index contributed by atoms with van der Waals surface area (Å²) in [5.41, 5.74) is 14.2. The van der Waals surface area contributed by atoms with Crippen LogP contribution >= 0.6 is 0 Å². The van der Waals surface area contributed by atoms with Crippen LogP contribution in [0.5, 0.6) is 5.75 Å². The number of nitrogens with two attached hydrogens (primary N) is 1. The summed E-state index contributed by atoms with van der Waals surface area (Å²) in [6, 6.07) is 2.26. The molecule has 7 nitrogen and oxygen atoms in total. The van der Waals surface area contributed by atoms with E-state index in [9.17, 15) is 0 Å². The Morgan fingerprint density at radius 3 is 2.63 bits per heavy atom. The normalized spacial score (nSPS) is 15.5. The van der Waals surface area contributed by atoms with Crippen molar-refractivity contribution >= 4 is 17.2 Å². The van der Waals surface area contributed by atoms with E-state index in [1.54, 1.807) is 7.11 Å². The molecule has 0 saturated carbocycles. The number of benzene rings is 1. The van der Waals surface area contributed by atoms with E-state index in [1.807, 2.05) is 21.0 Å². The first-order valence-corrected chi connectivity index (χ1v) is 12.4. The second kappa shape index (κ2) is 11.1. The van der Waals surface area contributed by atoms with Crippen LogP contribution in [-0.2, 0) is 0 Å². The number of rotatable bonds is 10. The van der Waals surface area contributed by atoms with Gasteiger partial charge in [0.1, 0.15) is 23.7 Å². The highest BCUT2D eigenvalue weighted by Gasteiger charge is 2.34. The molecule has 1 saturated heterocycles. The molecule has 0 aliphatic carbocycles. The van der Waals surface area contributed by atoms with E-state index in [2.05, 4.69) is 71.5 Å². The van der Waals surface area contributed by atoms with Crippen LogP contribution in [0.2, 0.25) is 0 Å². The summed E-state index contributed by atoms with van der Waals surface area (Å²) in [4.78, 5) is 13.4. The van der Waals surface area contributed by atoms with E-state index in [4.69, 9.17) is 10.5 Å². The number of hydrogen-bond donors (Lipinski definition) is 2. The molecule has 2 aromatic rings. The Kier molecular flexibility index (Phi) is 8.43. The SMILES string of the molecule is C=C(C)c1c(N)ncnc1N(C)C(C)c1cc(C)c(C)c(C2CN(C/C(=C\CC)NC)C2)c1OC. The first kappa shape index (κ1) is 26.5. The molecule has 190 valence electrons. The number of nitrogens with zero attached hydrogens (tertiary/aromatic N) is 4. The lowest BCUT2D eigenvalue weighted by Gasteiger charge is -2.42. The van der Waals surface area contributed by atoms with Gasteiger partial charge in [-0.1, -0.05) is 25.6 Å². The molecule has 1 fully saturated rings. The minimum Gasteiger partial charge on any atom is -0.496 e. The van der Waals surface area contributed by atoms with E-state index in [1.165, 1.54) is 28.7 Å². The number of likely N-dealkylation sites (tertiary alicyclic amines) is 1. The molecule has 3 rings (SSSR count). The summed E-state index contributed by atoms with van der Waals surface area (Å²) < 4.78 is 6.11. The molecule has 2 heterocycles. The highest BCUT2D eigenvalue weighted by Crippen LogP contribution is 2.43. The number of aryl methyl sites for hydroxylation is 1. The van der Waals surface area contributed by atoms with Gasteiger partial charge in [0.25, 0.3) is 0 Å². The summed E-state index contributed by atoms with van der Waals surface area (Å²) in [6.45, 7) is 17.8. The molecule has 1 unspecified atom stereocenters. The van der Waals surface area contributed by atoms with Crippen molar-refractivity contribution in [3.63, 3.8) is 0 Å². The molecule has 0 bridgehead atoms. The first-order chi connectivity index (χ1) is 16.6. The molecule has 0 spiro atoms. The van der Waals surface area contributed by atoms with Crippen molar-refractivity contribution in [3.05, 3.63) is 58.6 Å². The summed E-state index contributed by atoms with van der Waals surface area (Å²) in [5.74, 6) is 2.65. The van der Waals surface area contributed by atoms with Crippen molar-refractivity contribution < 1.29 is 4.74 Å². The van der Waals surface area contributed by atoms with Crippen molar-refractivity contribution in [2.24, 2.45) is 0 Å². The van der Waals surface area contributed by atoms with E-state index in [-0.39, 0.29) is 6.04 Å². The van der Waals surface area contributed by atoms with Crippen molar-refractivity contribution in [3.8, 4) is 5.75 Å². The summed E-state index contributed by atoms with van der Waals surface area (Å²) in [5, 5.41) is 3.33. The fourth-order valence-corrected chi connectivity index (χ4v) is 5.05. The molecule has 1 aliphatic heterocycles. The van der Waals surface area contributed by atoms with Gasteiger partial charge in [-0.25, -0.2) is 9.97 Å². The van der Waals surface area contributed by atoms with Crippen LogP contribution in [0.3, 0.4) is 0 Å². The maximum Gasteiger partial charge on any atom is 0.141 e. The van der Waals surface area contributed by atoms with Gasteiger partial charge in [0.15, 0.2) is 0 Å². The number of hydrogen-bond acceptors (Lipinski definition) is 7. The lowest BCUT2D eigenvalue weighted by molar-refractivity contribution is 0.157. The summed E-state index contributed by atoms with van der Waals surface area (Å²) in [7, 11) is 5.82. The number of nitrogen functional groups attached to an aromatic ring is 1. The van der Waals surface area contributed by atoms with Gasteiger partial charge < -0.3 is 20.7 Å². The number of likely N-dealkylation sites (N-methyl/N-ethyl adjacent to an activating group) is 1. The molecule has 1 aliphatic rings. The predicted molar refractivity (Wildman–Crippen MR) is 147 cm³/mol. The van der Waals surface area contributed by atoms with Gasteiger partial charge >= 0.3 is 0 Å². The van der Waals surface area contributed by atoms with E-state index >= 15 is 0 Å². The van der Waals surface area contributed by atoms with E-state index in [0.717, 1.165) is 54.3 Å². The zero-order valence-electron chi connectivity index (χ0n) is 22.7. The third kappa shape index (κ3) is 5.30. The number of methoxy groups -OCH3 is 1. The Labute approximate surface area is 211 Å². The van der Waals surface area contributed by atoms with Gasteiger partial charge in [-0.15, -0.1) is 0 Å². The standard InChI is InChI=1S/C28H42N6O/c1-10-11-22(30-7)15-34-13-21(14-34)25-19(5)18(4)12-23(26(25)35-9)20(6)33(8)28-24(17(2)3)27(29)31-16-32-28/h11-12,16,20-21,30H,2,10,13-15H2,1,3-9H3,(H2,29,31,32)/b22-11+. The molecule has 7 heteroatoms. The number of nitrogens with one attached hydrogen (secondary N) is 1. The van der Waals surface area contributed by atoms with Gasteiger partial charge in [0.2, 0.25) is 0 Å². The van der Waals surface area contributed by atoms with Gasteiger partial charge in [0.05, 0.1) is 18.7 Å². The Hall–Kier alpha value is -3.06. The topological polar surface area (TPSA) is 79.5 Å². The van der Waals surface area contributed by atoms with Gasteiger partial charge in [-0.2, -0.15) is 0 Å². The molecular weight excluding hydrogens is 436 g/mol. The minimum atomic E-state index is 0.00922. The van der Waals surface area contributed by atoms with Crippen LogP contribution in [0.25, 0.3) is 5.57 Å². The molecule has 0 radical (unpaired) electrons. The molecule has 1 aromatic carbocycles. The number of allylic oxidation sites excluding steroid dienone is 2. The molecule has 0 amide bonds. The summed E-state index contributed by atoms with van der Waals surface area (Å²) >= 11 is 0. The quantitative estimate of drug-likeness (QED) is 0.506. The Balaban J connectivity index is 1.95. The average Bonchev–Trinajstić information content (AvgIpc) is 2.80. The highest BCUT2D eigenvalue weighted by atomic mass is 16.5. The van der Waals surface area contributed by atoms with Gasteiger partial charge in [-0.05, 0) is 50.8 Å². The largest absolute Gasteiger partial charge is 0.496 e. The monoisotopic (exact) mass is 478 g/mol. The lowest BCUT2D eigenvalue weighted by atomic mass is 9.83. The smallest absolute Gasteiger partial charge is 0.141 e. The van der Waals surface area contributed by atoms with E-state index in [0.29, 0.717) is 11.7 Å². The van der Waals surface area contributed by atoms with Crippen LogP contribution in [0.4, 0.5) is 11.6 Å². The Morgan fingerprint density at radius 2 is 2.06 bits per heavy atom. The third-order valence-electron chi connectivity index (χ3n) is 7.26. The lowest BCUT2D eigenvalue weighted by Crippen LogP contribution is -2.47. The minimum absolute atomic E-state index is 0.00922. The van der Waals surface area contributed by atoms with Crippen molar-refractivity contribution in [2.45, 2.75) is 53.0 Å². The average molecular weight is 479 g/mol. The van der Waals surface area contributed by atoms with Crippen molar-refractivity contribution in [1.82, 2.24) is 20.2 Å². The van der Waals surface area contributed by atoms with Crippen molar-refractivity contribution in [2.75, 3.05) is 51.5 Å². The maximum atomic E-state index is 6.19. The zero-order valence-corrected chi connectivity index (χ0v) is 22.7. The molecule has 35 heavy (non-hydrogen) atoms. The molecular formula is C28H42N6O. The first-order valence-electron chi connectivity index (χ1n) is 12.4. The van der Waals surface area contributed by atoms with Crippen LogP contribution in [-0.4, -0.2) is 55.7 Å². The van der Waals surface area contributed by atoms with E-state index < -0.39 is 0 Å². The van der Waals surface area contributed by atoms with Crippen LogP contribution in [0.15, 0.2) is 30.7 Å². The maximum absolute atomic E-state index is 6.19. The number of aromatic nitrogens is 2. The van der Waals surface area contributed by atoms with Crippen LogP contribution in [0, 0.1) is 13.8 Å². The fraction of sp³-hybridized carbons (Fsp3) is 0.500. The molecule has 1 atom stereocenters. The van der Waals surface area contributed by atoms with Crippen LogP contribution in [0.1, 0.15) is 67.0 Å². The second-order valence-electron chi connectivity index (χ2n) is 9.66. The highest BCUT2D eigenvalue weighted by molar-refractivity contribution is 5.79. The van der Waals surface area contributed by atoms with Gasteiger partial charge in [-0.3, -0.25) is 4.90 Å². The Morgan fingerprint density at radius 1 is 1.37 bits per heavy atom. The van der Waals surface area contributed by atoms with Crippen molar-refractivity contribution in [1.29, 1.82) is 0 Å². The predicted octanol–water partition coefficient (Wildman–Crippen LogP) is 4.83. The molecule has 1 aromatic heterocycles. The fourth-order valence-electron chi connectivity index (χ4n) is 5.05. The van der Waals surface area contributed by atoms with Gasteiger partial charge in [0, 0.05) is 56.5 Å². The zero-order chi connectivity index (χ0) is 25.9. The molecule has 3 N–H and O–H groups in total. The summed E-state index contributed by atoms with van der Waals surface area (Å²) in [6.07, 6.45) is 4.82. The second-order valence-corrected chi connectivity index (χ2v) is 9.66.